The fourth-order valence-electron chi connectivity index (χ4n) is 4.81. The summed E-state index contributed by atoms with van der Waals surface area (Å²) < 4.78 is 12.2. The smallest absolute Gasteiger partial charge is 0.252 e. The molecule has 1 aliphatic heterocycles. The van der Waals surface area contributed by atoms with Crippen molar-refractivity contribution in [3.63, 3.8) is 0 Å². The number of benzene rings is 4. The van der Waals surface area contributed by atoms with E-state index in [-0.39, 0.29) is 19.1 Å². The summed E-state index contributed by atoms with van der Waals surface area (Å²) in [6, 6.07) is 32.1. The Bertz CT molecular complexity index is 1500. The minimum atomic E-state index is -1.30. The Morgan fingerprint density at radius 1 is 0.951 bits per heavy atom. The van der Waals surface area contributed by atoms with E-state index in [2.05, 4.69) is 5.32 Å². The second-order valence-electron chi connectivity index (χ2n) is 9.78. The van der Waals surface area contributed by atoms with E-state index in [1.54, 1.807) is 18.2 Å². The molecule has 1 amide bonds. The molecule has 0 saturated heterocycles. The van der Waals surface area contributed by atoms with E-state index in [9.17, 15) is 4.79 Å². The van der Waals surface area contributed by atoms with Crippen molar-refractivity contribution >= 4 is 35.0 Å². The van der Waals surface area contributed by atoms with Crippen molar-refractivity contribution in [1.29, 1.82) is 0 Å². The van der Waals surface area contributed by atoms with Crippen LogP contribution in [0.5, 0.6) is 5.75 Å². The van der Waals surface area contributed by atoms with Crippen molar-refractivity contribution in [3.05, 3.63) is 135 Å². The third kappa shape index (κ3) is 6.73. The standard InChI is InChI=1S/C33H30Cl2N2O4/c34-27-15-12-26(29(35)20-27)22-36-32(39)33(21-23-8-3-1-4-9-23)30(24-10-5-2-6-11-24)41-31(37-33)25-13-16-28(17-14-25)40-19-7-18-38/h1-6,8-17,20,30,38H,7,18-19,21-22H2,(H,36,39)/t30-,33-/m1/s1. The molecule has 0 saturated carbocycles. The van der Waals surface area contributed by atoms with Crippen molar-refractivity contribution < 1.29 is 19.4 Å². The van der Waals surface area contributed by atoms with Gasteiger partial charge in [0.1, 0.15) is 5.75 Å². The van der Waals surface area contributed by atoms with Crippen molar-refractivity contribution in [2.24, 2.45) is 4.99 Å². The molecule has 1 aliphatic rings. The maximum atomic E-state index is 14.3. The Morgan fingerprint density at radius 3 is 2.34 bits per heavy atom. The van der Waals surface area contributed by atoms with Crippen molar-refractivity contribution in [2.45, 2.75) is 31.0 Å². The van der Waals surface area contributed by atoms with E-state index in [0.29, 0.717) is 41.1 Å². The molecule has 2 N–H and O–H groups in total. The van der Waals surface area contributed by atoms with Crippen LogP contribution in [0.15, 0.2) is 108 Å². The zero-order valence-electron chi connectivity index (χ0n) is 22.3. The number of halogens is 2. The lowest BCUT2D eigenvalue weighted by Gasteiger charge is -2.31. The number of ether oxygens (including phenoxy) is 2. The monoisotopic (exact) mass is 588 g/mol. The van der Waals surface area contributed by atoms with Crippen LogP contribution in [0.1, 0.15) is 34.8 Å². The van der Waals surface area contributed by atoms with Crippen LogP contribution in [0.25, 0.3) is 0 Å². The number of carbonyl (C=O) groups excluding carboxylic acids is 1. The number of aliphatic hydroxyl groups is 1. The van der Waals surface area contributed by atoms with Crippen molar-refractivity contribution in [1.82, 2.24) is 5.32 Å². The fourth-order valence-corrected chi connectivity index (χ4v) is 5.29. The highest BCUT2D eigenvalue weighted by atomic mass is 35.5. The number of hydrogen-bond acceptors (Lipinski definition) is 5. The minimum Gasteiger partial charge on any atom is -0.494 e. The van der Waals surface area contributed by atoms with Gasteiger partial charge < -0.3 is 19.9 Å². The van der Waals surface area contributed by atoms with E-state index < -0.39 is 11.6 Å². The number of nitrogens with one attached hydrogen (secondary N) is 1. The molecule has 2 atom stereocenters. The molecule has 1 heterocycles. The van der Waals surface area contributed by atoms with Gasteiger partial charge in [-0.1, -0.05) is 89.9 Å². The largest absolute Gasteiger partial charge is 0.494 e. The number of aliphatic imine (C=N–C) groups is 1. The SMILES string of the molecule is O=C(NCc1ccc(Cl)cc1Cl)[C@]1(Cc2ccccc2)N=C(c2ccc(OCCCO)cc2)O[C@@H]1c1ccccc1. The fraction of sp³-hybridized carbons (Fsp3) is 0.212. The maximum Gasteiger partial charge on any atom is 0.252 e. The van der Waals surface area contributed by atoms with Gasteiger partial charge in [0.25, 0.3) is 5.91 Å². The van der Waals surface area contributed by atoms with Gasteiger partial charge in [0.2, 0.25) is 5.90 Å². The molecule has 4 aromatic carbocycles. The van der Waals surface area contributed by atoms with E-state index in [0.717, 1.165) is 22.3 Å². The molecule has 8 heteroatoms. The lowest BCUT2D eigenvalue weighted by atomic mass is 9.82. The summed E-state index contributed by atoms with van der Waals surface area (Å²) in [6.45, 7) is 0.693. The average Bonchev–Trinajstić information content (AvgIpc) is 3.38. The molecule has 0 aliphatic carbocycles. The van der Waals surface area contributed by atoms with Gasteiger partial charge >= 0.3 is 0 Å². The highest BCUT2D eigenvalue weighted by molar-refractivity contribution is 6.35. The number of aliphatic hydroxyl groups excluding tert-OH is 1. The van der Waals surface area contributed by atoms with E-state index in [1.807, 2.05) is 84.9 Å². The van der Waals surface area contributed by atoms with Crippen LogP contribution >= 0.6 is 23.2 Å². The number of rotatable bonds is 11. The van der Waals surface area contributed by atoms with Crippen LogP contribution in [0.4, 0.5) is 0 Å². The summed E-state index contributed by atoms with van der Waals surface area (Å²) in [6.07, 6.45) is 0.189. The van der Waals surface area contributed by atoms with E-state index in [4.69, 9.17) is 42.8 Å². The molecule has 4 aromatic rings. The van der Waals surface area contributed by atoms with E-state index >= 15 is 0 Å². The molecule has 0 spiro atoms. The Labute approximate surface area is 249 Å². The molecule has 6 nitrogen and oxygen atoms in total. The summed E-state index contributed by atoms with van der Waals surface area (Å²) >= 11 is 12.5. The highest BCUT2D eigenvalue weighted by Crippen LogP contribution is 2.42. The molecule has 0 fully saturated rings. The molecule has 0 aromatic heterocycles. The average molecular weight is 590 g/mol. The quantitative estimate of drug-likeness (QED) is 0.194. The van der Waals surface area contributed by atoms with Crippen LogP contribution in [0.3, 0.4) is 0 Å². The van der Waals surface area contributed by atoms with E-state index in [1.165, 1.54) is 0 Å². The second kappa shape index (κ2) is 13.2. The van der Waals surface area contributed by atoms with Crippen molar-refractivity contribution in [2.75, 3.05) is 13.2 Å². The third-order valence-corrected chi connectivity index (χ3v) is 7.49. The highest BCUT2D eigenvalue weighted by Gasteiger charge is 2.53. The summed E-state index contributed by atoms with van der Waals surface area (Å²) in [7, 11) is 0. The molecular weight excluding hydrogens is 559 g/mol. The summed E-state index contributed by atoms with van der Waals surface area (Å²) in [5.74, 6) is 0.769. The summed E-state index contributed by atoms with van der Waals surface area (Å²) in [5.41, 5.74) is 1.97. The minimum absolute atomic E-state index is 0.0688. The van der Waals surface area contributed by atoms with Gasteiger partial charge in [-0.2, -0.15) is 0 Å². The number of amides is 1. The lowest BCUT2D eigenvalue weighted by molar-refractivity contribution is -0.129. The van der Waals surface area contributed by atoms with Gasteiger partial charge in [0.15, 0.2) is 11.6 Å². The summed E-state index contributed by atoms with van der Waals surface area (Å²) in [5, 5.41) is 13.1. The Balaban J connectivity index is 1.53. The molecule has 0 unspecified atom stereocenters. The molecule has 5 rings (SSSR count). The molecular formula is C33H30Cl2N2O4. The van der Waals surface area contributed by atoms with Crippen LogP contribution < -0.4 is 10.1 Å². The normalized spacial score (nSPS) is 17.9. The molecule has 41 heavy (non-hydrogen) atoms. The molecule has 0 radical (unpaired) electrons. The van der Waals surface area contributed by atoms with Gasteiger partial charge in [0, 0.05) is 41.6 Å². The predicted octanol–water partition coefficient (Wildman–Crippen LogP) is 6.57. The van der Waals surface area contributed by atoms with Crippen LogP contribution in [0.2, 0.25) is 10.0 Å². The van der Waals surface area contributed by atoms with Gasteiger partial charge in [-0.25, -0.2) is 4.99 Å². The molecule has 0 bridgehead atoms. The number of hydrogen-bond donors (Lipinski definition) is 2. The van der Waals surface area contributed by atoms with Crippen LogP contribution in [0, 0.1) is 0 Å². The first kappa shape index (κ1) is 28.7. The maximum absolute atomic E-state index is 14.3. The second-order valence-corrected chi connectivity index (χ2v) is 10.6. The topological polar surface area (TPSA) is 80.2 Å². The third-order valence-electron chi connectivity index (χ3n) is 6.90. The first-order valence-electron chi connectivity index (χ1n) is 13.4. The Morgan fingerprint density at radius 2 is 1.66 bits per heavy atom. The zero-order chi connectivity index (χ0) is 28.7. The van der Waals surface area contributed by atoms with Gasteiger partial charge in [0.05, 0.1) is 6.61 Å². The van der Waals surface area contributed by atoms with Crippen LogP contribution in [-0.4, -0.2) is 35.7 Å². The van der Waals surface area contributed by atoms with Crippen molar-refractivity contribution in [3.8, 4) is 5.75 Å². The first-order valence-corrected chi connectivity index (χ1v) is 14.2. The zero-order valence-corrected chi connectivity index (χ0v) is 23.8. The Kier molecular flexibility index (Phi) is 9.24. The number of carbonyl (C=O) groups is 1. The number of nitrogens with zero attached hydrogens (tertiary/aromatic N) is 1. The van der Waals surface area contributed by atoms with Crippen LogP contribution in [-0.2, 0) is 22.5 Å². The van der Waals surface area contributed by atoms with Gasteiger partial charge in [-0.15, -0.1) is 0 Å². The first-order chi connectivity index (χ1) is 20.0. The lowest BCUT2D eigenvalue weighted by Crippen LogP contribution is -2.49. The molecule has 210 valence electrons. The summed E-state index contributed by atoms with van der Waals surface area (Å²) in [4.78, 5) is 19.3. The van der Waals surface area contributed by atoms with Gasteiger partial charge in [-0.3, -0.25) is 4.79 Å². The predicted molar refractivity (Wildman–Crippen MR) is 162 cm³/mol. The van der Waals surface area contributed by atoms with Gasteiger partial charge in [-0.05, 0) is 53.1 Å². The Hall–Kier alpha value is -3.84.